The number of benzene rings is 2. The fourth-order valence-corrected chi connectivity index (χ4v) is 3.26. The van der Waals surface area contributed by atoms with Crippen LogP contribution in [-0.2, 0) is 23.9 Å². The molecule has 26 heavy (non-hydrogen) atoms. The van der Waals surface area contributed by atoms with Crippen LogP contribution in [-0.4, -0.2) is 29.9 Å². The number of alkyl halides is 3. The highest BCUT2D eigenvalue weighted by Gasteiger charge is 2.31. The summed E-state index contributed by atoms with van der Waals surface area (Å²) in [4.78, 5) is 14.0. The molecule has 0 bridgehead atoms. The molecule has 0 spiro atoms. The Bertz CT molecular complexity index is 746. The van der Waals surface area contributed by atoms with E-state index >= 15 is 0 Å². The van der Waals surface area contributed by atoms with Gasteiger partial charge < -0.3 is 10.2 Å². The maximum absolute atomic E-state index is 12.9. The Labute approximate surface area is 150 Å². The Kier molecular flexibility index (Phi) is 5.61. The number of nitrogens with one attached hydrogen (secondary N) is 1. The van der Waals surface area contributed by atoms with E-state index < -0.39 is 11.7 Å². The first kappa shape index (κ1) is 18.5. The van der Waals surface area contributed by atoms with E-state index in [1.165, 1.54) is 11.6 Å². The Hall–Kier alpha value is -2.34. The van der Waals surface area contributed by atoms with Crippen molar-refractivity contribution in [2.24, 2.45) is 0 Å². The minimum atomic E-state index is -4.38. The number of amides is 1. The molecule has 1 amide bonds. The van der Waals surface area contributed by atoms with E-state index in [9.17, 15) is 18.0 Å². The normalized spacial score (nSPS) is 18.2. The first-order chi connectivity index (χ1) is 12.4. The van der Waals surface area contributed by atoms with Crippen LogP contribution in [0, 0.1) is 0 Å². The number of aryl methyl sites for hydroxylation is 1. The summed E-state index contributed by atoms with van der Waals surface area (Å²) < 4.78 is 38.8. The van der Waals surface area contributed by atoms with E-state index in [0.29, 0.717) is 12.1 Å². The van der Waals surface area contributed by atoms with Crippen molar-refractivity contribution in [2.75, 3.05) is 13.1 Å². The van der Waals surface area contributed by atoms with Gasteiger partial charge in [-0.15, -0.1) is 0 Å². The van der Waals surface area contributed by atoms with Crippen LogP contribution in [0.3, 0.4) is 0 Å². The Morgan fingerprint density at radius 1 is 1.04 bits per heavy atom. The highest BCUT2D eigenvalue weighted by molar-refractivity contribution is 5.79. The van der Waals surface area contributed by atoms with Crippen molar-refractivity contribution >= 4 is 5.91 Å². The minimum absolute atomic E-state index is 0.0361. The fraction of sp³-hybridized carbons (Fsp3) is 0.350. The monoisotopic (exact) mass is 362 g/mol. The second kappa shape index (κ2) is 7.91. The molecular formula is C20H21F3N2O. The summed E-state index contributed by atoms with van der Waals surface area (Å²) in [5, 5.41) is 3.10. The molecule has 3 rings (SSSR count). The lowest BCUT2D eigenvalue weighted by atomic mass is 10.0. The van der Waals surface area contributed by atoms with Crippen LogP contribution in [0.4, 0.5) is 13.2 Å². The van der Waals surface area contributed by atoms with Crippen molar-refractivity contribution in [1.29, 1.82) is 0 Å². The molecule has 6 heteroatoms. The second-order valence-electron chi connectivity index (χ2n) is 6.53. The van der Waals surface area contributed by atoms with Gasteiger partial charge in [0.25, 0.3) is 0 Å². The maximum Gasteiger partial charge on any atom is 0.416 e. The van der Waals surface area contributed by atoms with Gasteiger partial charge in [0.2, 0.25) is 5.91 Å². The largest absolute Gasteiger partial charge is 0.416 e. The number of piperazine rings is 1. The van der Waals surface area contributed by atoms with Crippen LogP contribution in [0.2, 0.25) is 0 Å². The SMILES string of the molecule is O=C1CNC[C@H](CCc2ccccc2)N1Cc1cccc(C(F)(F)F)c1. The average Bonchev–Trinajstić information content (AvgIpc) is 2.63. The molecule has 0 aromatic heterocycles. The standard InChI is InChI=1S/C20H21F3N2O/c21-20(22,23)17-8-4-7-16(11-17)14-25-18(12-24-13-19(25)26)10-9-15-5-2-1-3-6-15/h1-8,11,18,24H,9-10,12-14H2/t18-/m0/s1. The lowest BCUT2D eigenvalue weighted by Gasteiger charge is -2.36. The summed E-state index contributed by atoms with van der Waals surface area (Å²) in [7, 11) is 0. The predicted octanol–water partition coefficient (Wildman–Crippen LogP) is 3.64. The summed E-state index contributed by atoms with van der Waals surface area (Å²) in [6.07, 6.45) is -2.79. The summed E-state index contributed by atoms with van der Waals surface area (Å²) in [6, 6.07) is 15.1. The average molecular weight is 362 g/mol. The van der Waals surface area contributed by atoms with Gasteiger partial charge in [0, 0.05) is 19.1 Å². The third-order valence-electron chi connectivity index (χ3n) is 4.63. The van der Waals surface area contributed by atoms with Gasteiger partial charge in [0.15, 0.2) is 0 Å². The smallest absolute Gasteiger partial charge is 0.333 e. The van der Waals surface area contributed by atoms with E-state index in [2.05, 4.69) is 5.32 Å². The van der Waals surface area contributed by atoms with Crippen molar-refractivity contribution in [3.8, 4) is 0 Å². The molecule has 2 aromatic rings. The number of hydrogen-bond acceptors (Lipinski definition) is 2. The lowest BCUT2D eigenvalue weighted by Crippen LogP contribution is -2.54. The lowest BCUT2D eigenvalue weighted by molar-refractivity contribution is -0.137. The van der Waals surface area contributed by atoms with Gasteiger partial charge in [-0.3, -0.25) is 4.79 Å². The third kappa shape index (κ3) is 4.64. The zero-order valence-corrected chi connectivity index (χ0v) is 14.3. The molecule has 0 aliphatic carbocycles. The molecular weight excluding hydrogens is 341 g/mol. The van der Waals surface area contributed by atoms with Gasteiger partial charge in [-0.2, -0.15) is 13.2 Å². The van der Waals surface area contributed by atoms with Gasteiger partial charge in [-0.05, 0) is 36.1 Å². The van der Waals surface area contributed by atoms with Crippen LogP contribution in [0.15, 0.2) is 54.6 Å². The molecule has 1 N–H and O–H groups in total. The Morgan fingerprint density at radius 3 is 2.50 bits per heavy atom. The first-order valence-corrected chi connectivity index (χ1v) is 8.64. The van der Waals surface area contributed by atoms with Crippen LogP contribution in [0.25, 0.3) is 0 Å². The van der Waals surface area contributed by atoms with Crippen LogP contribution < -0.4 is 5.32 Å². The topological polar surface area (TPSA) is 32.3 Å². The number of hydrogen-bond donors (Lipinski definition) is 1. The fourth-order valence-electron chi connectivity index (χ4n) is 3.26. The van der Waals surface area contributed by atoms with Crippen LogP contribution in [0.1, 0.15) is 23.1 Å². The molecule has 138 valence electrons. The van der Waals surface area contributed by atoms with Crippen molar-refractivity contribution in [1.82, 2.24) is 10.2 Å². The number of rotatable bonds is 5. The van der Waals surface area contributed by atoms with Crippen LogP contribution >= 0.6 is 0 Å². The molecule has 0 saturated carbocycles. The van der Waals surface area contributed by atoms with Gasteiger partial charge in [-0.25, -0.2) is 0 Å². The summed E-state index contributed by atoms with van der Waals surface area (Å²) in [5.74, 6) is -0.0771. The molecule has 1 aliphatic heterocycles. The number of carbonyl (C=O) groups excluding carboxylic acids is 1. The maximum atomic E-state index is 12.9. The molecule has 1 aliphatic rings. The van der Waals surface area contributed by atoms with Crippen molar-refractivity contribution < 1.29 is 18.0 Å². The van der Waals surface area contributed by atoms with E-state index in [0.717, 1.165) is 25.0 Å². The summed E-state index contributed by atoms with van der Waals surface area (Å²) in [6.45, 7) is 1.07. The Balaban J connectivity index is 1.71. The van der Waals surface area contributed by atoms with Gasteiger partial charge >= 0.3 is 6.18 Å². The molecule has 0 radical (unpaired) electrons. The van der Waals surface area contributed by atoms with Crippen LogP contribution in [0.5, 0.6) is 0 Å². The van der Waals surface area contributed by atoms with Crippen molar-refractivity contribution in [2.45, 2.75) is 31.6 Å². The van der Waals surface area contributed by atoms with Gasteiger partial charge in [-0.1, -0.05) is 42.5 Å². The highest BCUT2D eigenvalue weighted by atomic mass is 19.4. The van der Waals surface area contributed by atoms with E-state index in [1.54, 1.807) is 11.0 Å². The zero-order chi connectivity index (χ0) is 18.6. The molecule has 1 atom stereocenters. The van der Waals surface area contributed by atoms with Gasteiger partial charge in [0.05, 0.1) is 12.1 Å². The quantitative estimate of drug-likeness (QED) is 0.881. The minimum Gasteiger partial charge on any atom is -0.333 e. The summed E-state index contributed by atoms with van der Waals surface area (Å²) >= 11 is 0. The van der Waals surface area contributed by atoms with E-state index in [1.807, 2.05) is 30.3 Å². The van der Waals surface area contributed by atoms with E-state index in [4.69, 9.17) is 0 Å². The first-order valence-electron chi connectivity index (χ1n) is 8.64. The highest BCUT2D eigenvalue weighted by Crippen LogP contribution is 2.30. The number of halogens is 3. The Morgan fingerprint density at radius 2 is 1.77 bits per heavy atom. The molecule has 1 fully saturated rings. The second-order valence-corrected chi connectivity index (χ2v) is 6.53. The molecule has 0 unspecified atom stereocenters. The van der Waals surface area contributed by atoms with Gasteiger partial charge in [0.1, 0.15) is 0 Å². The molecule has 2 aromatic carbocycles. The number of nitrogens with zero attached hydrogens (tertiary/aromatic N) is 1. The zero-order valence-electron chi connectivity index (χ0n) is 14.3. The molecule has 1 saturated heterocycles. The van der Waals surface area contributed by atoms with E-state index in [-0.39, 0.29) is 25.0 Å². The summed E-state index contributed by atoms with van der Waals surface area (Å²) in [5.41, 5.74) is 1.00. The van der Waals surface area contributed by atoms with Crippen molar-refractivity contribution in [3.63, 3.8) is 0 Å². The van der Waals surface area contributed by atoms with Crippen molar-refractivity contribution in [3.05, 3.63) is 71.3 Å². The molecule has 3 nitrogen and oxygen atoms in total. The third-order valence-corrected chi connectivity index (χ3v) is 4.63. The predicted molar refractivity (Wildman–Crippen MR) is 93.4 cm³/mol. The number of carbonyl (C=O) groups is 1. The molecule has 1 heterocycles.